The van der Waals surface area contributed by atoms with Crippen LogP contribution in [0.15, 0.2) is 47.3 Å². The summed E-state index contributed by atoms with van der Waals surface area (Å²) in [4.78, 5) is 15.8. The SMILES string of the molecule is CCCCCCC1COC(C(O)C(C)(O)C2CCC3(O)C4=C(NCC(C)O)C(=O)C56CC#CCC23CC2C=CC(C3=CNC(N)C=C3)CC5(CC(O)C(O)C6)C42)C1C. The number of rotatable bonds is 12. The summed E-state index contributed by atoms with van der Waals surface area (Å²) in [5.41, 5.74) is 1.52. The molecule has 0 aromatic rings. The zero-order valence-electron chi connectivity index (χ0n) is 35.0. The van der Waals surface area contributed by atoms with Crippen LogP contribution >= 0.6 is 0 Å². The number of hydrogen-bond donors (Lipinski definition) is 9. The molecule has 58 heavy (non-hydrogen) atoms. The standard InChI is InChI=1S/C47H69N3O8/c1-5-6-7-8-11-32-26-58-40(28(32)3)42(55)43(4,56)35-16-19-47(57)38-37-30-13-12-29(31-14-15-36(48)49-25-31)20-46(37)23-34(53)33(52)22-45(46,18-10-9-17-44(35,47)21-30)41(54)39(38)50-24-27(2)51/h12-15,25,27-30,32-37,40,42,49-53,55-57H,5-8,11,16-24,26,48H2,1-4H3. The van der Waals surface area contributed by atoms with Gasteiger partial charge in [-0.3, -0.25) is 4.79 Å². The predicted octanol–water partition coefficient (Wildman–Crippen LogP) is 3.48. The van der Waals surface area contributed by atoms with Crippen LogP contribution in [0.25, 0.3) is 0 Å². The number of nitrogens with two attached hydrogens (primary N) is 1. The Morgan fingerprint density at radius 1 is 1.05 bits per heavy atom. The first-order valence-corrected chi connectivity index (χ1v) is 22.4. The van der Waals surface area contributed by atoms with Crippen LogP contribution in [-0.2, 0) is 9.53 Å². The van der Waals surface area contributed by atoms with Crippen molar-refractivity contribution in [2.45, 2.75) is 159 Å². The minimum absolute atomic E-state index is 0.0229. The van der Waals surface area contributed by atoms with Gasteiger partial charge >= 0.3 is 0 Å². The van der Waals surface area contributed by atoms with Gasteiger partial charge in [-0.15, -0.1) is 11.8 Å². The van der Waals surface area contributed by atoms with Crippen LogP contribution in [0.2, 0.25) is 0 Å². The lowest BCUT2D eigenvalue weighted by Gasteiger charge is -2.68. The number of dihydropyridines is 1. The molecular weight excluding hydrogens is 735 g/mol. The number of unbranched alkanes of at least 4 members (excludes halogenated alkanes) is 3. The molecule has 2 aliphatic heterocycles. The molecule has 320 valence electrons. The zero-order chi connectivity index (χ0) is 41.4. The lowest BCUT2D eigenvalue weighted by Crippen LogP contribution is -2.71. The van der Waals surface area contributed by atoms with Gasteiger partial charge in [0.05, 0.1) is 59.5 Å². The largest absolute Gasteiger partial charge is 0.392 e. The number of fused-ring (bicyclic) bond motifs is 3. The van der Waals surface area contributed by atoms with Crippen molar-refractivity contribution in [1.82, 2.24) is 10.6 Å². The number of carbonyl (C=O) groups is 1. The molecule has 17 atom stereocenters. The van der Waals surface area contributed by atoms with E-state index in [0.717, 1.165) is 24.8 Å². The smallest absolute Gasteiger partial charge is 0.186 e. The summed E-state index contributed by atoms with van der Waals surface area (Å²) < 4.78 is 6.36. The van der Waals surface area contributed by atoms with E-state index in [4.69, 9.17) is 10.5 Å². The van der Waals surface area contributed by atoms with E-state index in [9.17, 15) is 30.6 Å². The second-order valence-corrected chi connectivity index (χ2v) is 20.1. The van der Waals surface area contributed by atoms with E-state index in [1.165, 1.54) is 12.8 Å². The summed E-state index contributed by atoms with van der Waals surface area (Å²) in [5, 5.41) is 79.6. The summed E-state index contributed by atoms with van der Waals surface area (Å²) in [7, 11) is 0. The summed E-state index contributed by atoms with van der Waals surface area (Å²) >= 11 is 0. The predicted molar refractivity (Wildman–Crippen MR) is 220 cm³/mol. The minimum atomic E-state index is -1.68. The Kier molecular flexibility index (Phi) is 11.2. The van der Waals surface area contributed by atoms with Gasteiger partial charge in [0.25, 0.3) is 0 Å². The maximum absolute atomic E-state index is 15.8. The molecule has 0 aromatic carbocycles. The van der Waals surface area contributed by atoms with Crippen molar-refractivity contribution in [1.29, 1.82) is 0 Å². The van der Waals surface area contributed by atoms with Crippen LogP contribution in [0, 0.1) is 63.6 Å². The molecule has 17 unspecified atom stereocenters. The van der Waals surface area contributed by atoms with Crippen molar-refractivity contribution in [3.63, 3.8) is 0 Å². The van der Waals surface area contributed by atoms with Crippen LogP contribution in [0.5, 0.6) is 0 Å². The molecule has 9 aliphatic rings. The number of nitrogens with one attached hydrogen (secondary N) is 2. The van der Waals surface area contributed by atoms with Gasteiger partial charge in [0.2, 0.25) is 0 Å². The summed E-state index contributed by atoms with van der Waals surface area (Å²) in [5.74, 6) is 5.49. The number of aliphatic hydroxyl groups excluding tert-OH is 4. The van der Waals surface area contributed by atoms with Gasteiger partial charge in [-0.1, -0.05) is 57.8 Å². The normalized spacial score (nSPS) is 45.9. The van der Waals surface area contributed by atoms with Crippen molar-refractivity contribution in [3.05, 3.63) is 47.3 Å². The number of hydrogen-bond acceptors (Lipinski definition) is 11. The molecule has 10 N–H and O–H groups in total. The summed E-state index contributed by atoms with van der Waals surface area (Å²) in [6, 6.07) is 0. The Bertz CT molecular complexity index is 1800. The van der Waals surface area contributed by atoms with Gasteiger partial charge in [0.15, 0.2) is 5.78 Å². The van der Waals surface area contributed by atoms with Crippen LogP contribution in [0.1, 0.15) is 111 Å². The number of aliphatic hydroxyl groups is 6. The fourth-order valence-electron chi connectivity index (χ4n) is 14.0. The van der Waals surface area contributed by atoms with Crippen molar-refractivity contribution in [3.8, 4) is 11.8 Å². The molecule has 9 rings (SSSR count). The highest BCUT2D eigenvalue weighted by molar-refractivity contribution is 6.03. The number of Topliss-reactive ketones (excluding diaryl/α,β-unsaturated/α-hetero) is 1. The van der Waals surface area contributed by atoms with Crippen molar-refractivity contribution in [2.24, 2.45) is 57.5 Å². The molecule has 0 aromatic heterocycles. The molecule has 3 saturated carbocycles. The van der Waals surface area contributed by atoms with Gasteiger partial charge in [-0.25, -0.2) is 0 Å². The first-order chi connectivity index (χ1) is 27.6. The molecule has 6 bridgehead atoms. The van der Waals surface area contributed by atoms with Crippen molar-refractivity contribution in [2.75, 3.05) is 13.2 Å². The quantitative estimate of drug-likeness (QED) is 0.0796. The van der Waals surface area contributed by atoms with Crippen LogP contribution in [-0.4, -0.2) is 97.5 Å². The van der Waals surface area contributed by atoms with Gasteiger partial charge in [-0.05, 0) is 111 Å². The average molecular weight is 804 g/mol. The molecule has 11 heteroatoms. The molecule has 2 heterocycles. The maximum atomic E-state index is 15.8. The fourth-order valence-corrected chi connectivity index (χ4v) is 14.0. The zero-order valence-corrected chi connectivity index (χ0v) is 35.0. The van der Waals surface area contributed by atoms with Gasteiger partial charge in [0, 0.05) is 36.9 Å². The third-order valence-corrected chi connectivity index (χ3v) is 17.0. The summed E-state index contributed by atoms with van der Waals surface area (Å²) in [6.07, 6.45) is 12.9. The molecule has 11 nitrogen and oxygen atoms in total. The minimum Gasteiger partial charge on any atom is -0.392 e. The molecule has 0 radical (unpaired) electrons. The number of ketones is 1. The van der Waals surface area contributed by atoms with Gasteiger partial charge < -0.3 is 51.7 Å². The van der Waals surface area contributed by atoms with E-state index in [0.29, 0.717) is 31.4 Å². The lowest BCUT2D eigenvalue weighted by atomic mass is 9.36. The number of ether oxygens (including phenoxy) is 1. The van der Waals surface area contributed by atoms with Gasteiger partial charge in [0.1, 0.15) is 6.10 Å². The third kappa shape index (κ3) is 6.25. The maximum Gasteiger partial charge on any atom is 0.186 e. The van der Waals surface area contributed by atoms with E-state index in [1.807, 2.05) is 18.4 Å². The van der Waals surface area contributed by atoms with Gasteiger partial charge in [-0.2, -0.15) is 0 Å². The molecule has 4 fully saturated rings. The van der Waals surface area contributed by atoms with E-state index in [-0.39, 0.29) is 80.0 Å². The second-order valence-electron chi connectivity index (χ2n) is 20.1. The topological polar surface area (TPSA) is 198 Å². The highest BCUT2D eigenvalue weighted by Crippen LogP contribution is 2.76. The third-order valence-electron chi connectivity index (χ3n) is 17.0. The van der Waals surface area contributed by atoms with Crippen molar-refractivity contribution >= 4 is 5.78 Å². The molecule has 1 saturated heterocycles. The van der Waals surface area contributed by atoms with E-state index >= 15 is 4.79 Å². The first kappa shape index (κ1) is 42.2. The number of carbonyl (C=O) groups excluding carboxylic acids is 1. The summed E-state index contributed by atoms with van der Waals surface area (Å²) in [6.45, 7) is 8.30. The fraction of sp³-hybridized carbons (Fsp3) is 0.766. The Morgan fingerprint density at radius 2 is 1.81 bits per heavy atom. The van der Waals surface area contributed by atoms with Crippen molar-refractivity contribution < 1.29 is 40.2 Å². The van der Waals surface area contributed by atoms with Crippen LogP contribution < -0.4 is 16.4 Å². The monoisotopic (exact) mass is 804 g/mol. The van der Waals surface area contributed by atoms with E-state index in [2.05, 4.69) is 48.5 Å². The second kappa shape index (κ2) is 15.4. The molecule has 7 aliphatic carbocycles. The van der Waals surface area contributed by atoms with E-state index < -0.39 is 69.8 Å². The average Bonchev–Trinajstić information content (AvgIpc) is 3.65. The Balaban J connectivity index is 1.28. The Labute approximate surface area is 344 Å². The number of allylic oxidation sites excluding steroid dienone is 5. The molecular formula is C47H69N3O8. The van der Waals surface area contributed by atoms with Crippen LogP contribution in [0.3, 0.4) is 0 Å². The van der Waals surface area contributed by atoms with Crippen LogP contribution in [0.4, 0.5) is 0 Å². The Hall–Kier alpha value is -2.53. The molecule has 0 amide bonds. The Morgan fingerprint density at radius 3 is 2.53 bits per heavy atom. The molecule has 3 spiro atoms. The highest BCUT2D eigenvalue weighted by Gasteiger charge is 2.77. The highest BCUT2D eigenvalue weighted by atomic mass is 16.5. The first-order valence-electron chi connectivity index (χ1n) is 22.4. The van der Waals surface area contributed by atoms with E-state index in [1.54, 1.807) is 13.8 Å². The lowest BCUT2D eigenvalue weighted by molar-refractivity contribution is -0.215.